The van der Waals surface area contributed by atoms with Crippen molar-refractivity contribution in [2.45, 2.75) is 0 Å². The van der Waals surface area contributed by atoms with Crippen molar-refractivity contribution in [3.63, 3.8) is 0 Å². The van der Waals surface area contributed by atoms with E-state index in [1.54, 1.807) is 0 Å². The summed E-state index contributed by atoms with van der Waals surface area (Å²) in [5, 5.41) is 3.81. The van der Waals surface area contributed by atoms with Crippen LogP contribution in [0.4, 0.5) is 0 Å². The number of hydrogen-bond acceptors (Lipinski definition) is 2. The molecule has 6 heteroatoms. The monoisotopic (exact) mass is 473 g/mol. The first-order valence-electron chi connectivity index (χ1n) is 6.82. The van der Waals surface area contributed by atoms with E-state index in [2.05, 4.69) is 37.2 Å². The van der Waals surface area contributed by atoms with E-state index in [1.165, 1.54) is 0 Å². The third-order valence-corrected chi connectivity index (χ3v) is 4.73. The molecule has 0 saturated carbocycles. The maximum Gasteiger partial charge on any atom is 0.119 e. The molecular formula is C17H14Br2ClNOS. The fourth-order valence-electron chi connectivity index (χ4n) is 1.74. The third-order valence-electron chi connectivity index (χ3n) is 2.90. The zero-order valence-corrected chi connectivity index (χ0v) is 16.8. The van der Waals surface area contributed by atoms with Gasteiger partial charge in [0.25, 0.3) is 0 Å². The van der Waals surface area contributed by atoms with Crippen LogP contribution in [0.3, 0.4) is 0 Å². The van der Waals surface area contributed by atoms with Gasteiger partial charge in [-0.1, -0.05) is 73.9 Å². The van der Waals surface area contributed by atoms with Crippen LogP contribution in [0.5, 0.6) is 5.75 Å². The van der Waals surface area contributed by atoms with Gasteiger partial charge in [0.2, 0.25) is 0 Å². The molecule has 120 valence electrons. The Kier molecular flexibility index (Phi) is 7.56. The first kappa shape index (κ1) is 18.5. The highest BCUT2D eigenvalue weighted by Gasteiger charge is 2.05. The maximum atomic E-state index is 6.12. The van der Waals surface area contributed by atoms with Gasteiger partial charge in [-0.3, -0.25) is 0 Å². The predicted molar refractivity (Wildman–Crippen MR) is 108 cm³/mol. The normalized spacial score (nSPS) is 11.2. The van der Waals surface area contributed by atoms with E-state index in [0.717, 1.165) is 20.3 Å². The Morgan fingerprint density at radius 3 is 2.57 bits per heavy atom. The molecule has 0 spiro atoms. The zero-order chi connectivity index (χ0) is 16.7. The minimum Gasteiger partial charge on any atom is -0.490 e. The van der Waals surface area contributed by atoms with Crippen LogP contribution in [0.1, 0.15) is 5.56 Å². The Labute approximate surface area is 163 Å². The van der Waals surface area contributed by atoms with Crippen LogP contribution in [0, 0.1) is 0 Å². The van der Waals surface area contributed by atoms with Crippen molar-refractivity contribution in [1.29, 1.82) is 0 Å². The van der Waals surface area contributed by atoms with Crippen molar-refractivity contribution in [1.82, 2.24) is 5.32 Å². The number of hydrogen-bond donors (Lipinski definition) is 1. The van der Waals surface area contributed by atoms with Crippen LogP contribution in [-0.2, 0) is 0 Å². The number of nitrogens with one attached hydrogen (secondary N) is 1. The molecule has 0 amide bonds. The summed E-state index contributed by atoms with van der Waals surface area (Å²) in [6.45, 7) is 1.05. The standard InChI is InChI=1S/C17H14Br2ClNOS/c18-12-5-7-14(8-6-12)22-10-9-13(19)11-21-17(23)15-3-1-2-4-16(15)20/h1-9H,10-11H2,(H,21,23). The second kappa shape index (κ2) is 9.42. The van der Waals surface area contributed by atoms with Crippen molar-refractivity contribution in [2.24, 2.45) is 0 Å². The van der Waals surface area contributed by atoms with Gasteiger partial charge in [0, 0.05) is 21.1 Å². The second-order valence-electron chi connectivity index (χ2n) is 4.58. The quantitative estimate of drug-likeness (QED) is 0.540. The third kappa shape index (κ3) is 6.26. The van der Waals surface area contributed by atoms with Crippen molar-refractivity contribution in [3.8, 4) is 5.75 Å². The summed E-state index contributed by atoms with van der Waals surface area (Å²) in [6, 6.07) is 15.2. The zero-order valence-electron chi connectivity index (χ0n) is 12.1. The molecule has 0 atom stereocenters. The van der Waals surface area contributed by atoms with Gasteiger partial charge in [0.1, 0.15) is 17.3 Å². The number of ether oxygens (including phenoxy) is 1. The number of halogens is 3. The Hall–Kier alpha value is -0.880. The largest absolute Gasteiger partial charge is 0.490 e. The molecule has 2 nitrogen and oxygen atoms in total. The van der Waals surface area contributed by atoms with E-state index in [0.29, 0.717) is 23.2 Å². The van der Waals surface area contributed by atoms with Crippen LogP contribution >= 0.6 is 55.7 Å². The molecule has 0 aliphatic carbocycles. The summed E-state index contributed by atoms with van der Waals surface area (Å²) in [5.74, 6) is 0.823. The van der Waals surface area contributed by atoms with Gasteiger partial charge in [-0.05, 0) is 36.4 Å². The van der Waals surface area contributed by atoms with Crippen LogP contribution in [0.2, 0.25) is 5.02 Å². The molecule has 2 aromatic carbocycles. The summed E-state index contributed by atoms with van der Waals surface area (Å²) in [7, 11) is 0. The summed E-state index contributed by atoms with van der Waals surface area (Å²) in [4.78, 5) is 0.620. The molecule has 23 heavy (non-hydrogen) atoms. The summed E-state index contributed by atoms with van der Waals surface area (Å²) in [6.07, 6.45) is 1.95. The molecule has 0 bridgehead atoms. The summed E-state index contributed by atoms with van der Waals surface area (Å²) in [5.41, 5.74) is 0.829. The molecule has 0 saturated heterocycles. The maximum absolute atomic E-state index is 6.12. The highest BCUT2D eigenvalue weighted by molar-refractivity contribution is 9.11. The molecule has 0 heterocycles. The molecular weight excluding hydrogens is 462 g/mol. The Morgan fingerprint density at radius 1 is 1.17 bits per heavy atom. The van der Waals surface area contributed by atoms with Crippen LogP contribution in [0.15, 0.2) is 63.6 Å². The fourth-order valence-corrected chi connectivity index (χ4v) is 2.81. The van der Waals surface area contributed by atoms with Gasteiger partial charge in [0.05, 0.1) is 5.02 Å². The van der Waals surface area contributed by atoms with Gasteiger partial charge in [-0.25, -0.2) is 0 Å². The first-order valence-corrected chi connectivity index (χ1v) is 9.19. The first-order chi connectivity index (χ1) is 11.1. The number of thiocarbonyl (C=S) groups is 1. The highest BCUT2D eigenvalue weighted by Crippen LogP contribution is 2.17. The van der Waals surface area contributed by atoms with Gasteiger partial charge < -0.3 is 10.1 Å². The van der Waals surface area contributed by atoms with E-state index >= 15 is 0 Å². The van der Waals surface area contributed by atoms with Crippen molar-refractivity contribution < 1.29 is 4.74 Å². The van der Waals surface area contributed by atoms with Crippen molar-refractivity contribution in [2.75, 3.05) is 13.2 Å². The smallest absolute Gasteiger partial charge is 0.119 e. The van der Waals surface area contributed by atoms with E-state index < -0.39 is 0 Å². The Bertz CT molecular complexity index is 704. The molecule has 1 N–H and O–H groups in total. The van der Waals surface area contributed by atoms with Gasteiger partial charge in [-0.15, -0.1) is 0 Å². The molecule has 0 unspecified atom stereocenters. The van der Waals surface area contributed by atoms with E-state index in [9.17, 15) is 0 Å². The van der Waals surface area contributed by atoms with Gasteiger partial charge in [-0.2, -0.15) is 0 Å². The molecule has 0 aliphatic rings. The molecule has 0 aliphatic heterocycles. The SMILES string of the molecule is S=C(NCC(Br)=CCOc1ccc(Br)cc1)c1ccccc1Cl. The summed E-state index contributed by atoms with van der Waals surface area (Å²) >= 11 is 18.4. The van der Waals surface area contributed by atoms with Gasteiger partial charge in [0.15, 0.2) is 0 Å². The minimum absolute atomic E-state index is 0.475. The lowest BCUT2D eigenvalue weighted by Crippen LogP contribution is -2.24. The van der Waals surface area contributed by atoms with Crippen LogP contribution in [-0.4, -0.2) is 18.1 Å². The average Bonchev–Trinajstić information content (AvgIpc) is 2.55. The van der Waals surface area contributed by atoms with Crippen molar-refractivity contribution in [3.05, 3.63) is 74.1 Å². The molecule has 0 fully saturated rings. The molecule has 2 aromatic rings. The highest BCUT2D eigenvalue weighted by atomic mass is 79.9. The minimum atomic E-state index is 0.475. The molecule has 0 radical (unpaired) electrons. The Morgan fingerprint density at radius 2 is 1.87 bits per heavy atom. The van der Waals surface area contributed by atoms with Crippen LogP contribution < -0.4 is 10.1 Å². The Balaban J connectivity index is 1.80. The van der Waals surface area contributed by atoms with E-state index in [-0.39, 0.29) is 0 Å². The lowest BCUT2D eigenvalue weighted by atomic mass is 10.2. The van der Waals surface area contributed by atoms with E-state index in [1.807, 2.05) is 54.6 Å². The second-order valence-corrected chi connectivity index (χ2v) is 7.33. The van der Waals surface area contributed by atoms with Crippen molar-refractivity contribution >= 4 is 60.7 Å². The predicted octanol–water partition coefficient (Wildman–Crippen LogP) is 5.73. The van der Waals surface area contributed by atoms with Crippen LogP contribution in [0.25, 0.3) is 0 Å². The lowest BCUT2D eigenvalue weighted by Gasteiger charge is -2.09. The summed E-state index contributed by atoms with van der Waals surface area (Å²) < 4.78 is 7.62. The lowest BCUT2D eigenvalue weighted by molar-refractivity contribution is 0.362. The average molecular weight is 476 g/mol. The fraction of sp³-hybridized carbons (Fsp3) is 0.118. The number of rotatable bonds is 6. The van der Waals surface area contributed by atoms with E-state index in [4.69, 9.17) is 28.6 Å². The topological polar surface area (TPSA) is 21.3 Å². The molecule has 2 rings (SSSR count). The molecule has 0 aromatic heterocycles. The number of benzene rings is 2. The van der Waals surface area contributed by atoms with Gasteiger partial charge >= 0.3 is 0 Å².